The molecule has 1 saturated heterocycles. The quantitative estimate of drug-likeness (QED) is 0.820. The number of nitrogens with one attached hydrogen (secondary N) is 2. The first-order valence-corrected chi connectivity index (χ1v) is 6.36. The highest BCUT2D eigenvalue weighted by atomic mass is 15.2. The predicted octanol–water partition coefficient (Wildman–Crippen LogP) is 1.16. The summed E-state index contributed by atoms with van der Waals surface area (Å²) in [5.41, 5.74) is 2.70. The summed E-state index contributed by atoms with van der Waals surface area (Å²) < 4.78 is 0. The molecule has 0 aromatic heterocycles. The molecular weight excluding hydrogens is 210 g/mol. The Hall–Kier alpha value is -0.900. The molecule has 1 heterocycles. The lowest BCUT2D eigenvalue weighted by Gasteiger charge is -2.36. The zero-order valence-corrected chi connectivity index (χ0v) is 11.0. The molecule has 0 bridgehead atoms. The lowest BCUT2D eigenvalue weighted by Crippen LogP contribution is -2.54. The Morgan fingerprint density at radius 2 is 2.29 bits per heavy atom. The number of piperazine rings is 1. The number of hydrogen-bond donors (Lipinski definition) is 2. The number of hydrogen-bond acceptors (Lipinski definition) is 3. The molecule has 3 heteroatoms. The molecule has 1 aromatic carbocycles. The minimum absolute atomic E-state index is 0.387. The molecule has 0 radical (unpaired) electrons. The van der Waals surface area contributed by atoms with Crippen molar-refractivity contribution in [1.82, 2.24) is 15.5 Å². The molecule has 3 nitrogen and oxygen atoms in total. The van der Waals surface area contributed by atoms with E-state index in [0.29, 0.717) is 12.1 Å². The lowest BCUT2D eigenvalue weighted by atomic mass is 9.96. The number of aryl methyl sites for hydroxylation is 1. The van der Waals surface area contributed by atoms with E-state index in [1.807, 2.05) is 7.05 Å². The van der Waals surface area contributed by atoms with Gasteiger partial charge in [-0.2, -0.15) is 0 Å². The van der Waals surface area contributed by atoms with Gasteiger partial charge < -0.3 is 15.5 Å². The highest BCUT2D eigenvalue weighted by Crippen LogP contribution is 2.19. The fraction of sp³-hybridized carbons (Fsp3) is 0.571. The summed E-state index contributed by atoms with van der Waals surface area (Å²) in [6.45, 7) is 5.46. The molecule has 94 valence electrons. The van der Waals surface area contributed by atoms with E-state index in [0.717, 1.165) is 19.6 Å². The van der Waals surface area contributed by atoms with Crippen LogP contribution >= 0.6 is 0 Å². The smallest absolute Gasteiger partial charge is 0.0486 e. The first kappa shape index (κ1) is 12.6. The molecule has 2 rings (SSSR count). The van der Waals surface area contributed by atoms with Crippen molar-refractivity contribution in [1.29, 1.82) is 0 Å². The highest BCUT2D eigenvalue weighted by Gasteiger charge is 2.25. The molecule has 2 atom stereocenters. The molecule has 0 amide bonds. The van der Waals surface area contributed by atoms with E-state index in [1.54, 1.807) is 0 Å². The van der Waals surface area contributed by atoms with Crippen LogP contribution in [0.4, 0.5) is 0 Å². The first-order valence-electron chi connectivity index (χ1n) is 6.36. The van der Waals surface area contributed by atoms with E-state index in [9.17, 15) is 0 Å². The Morgan fingerprint density at radius 3 is 2.94 bits per heavy atom. The van der Waals surface area contributed by atoms with Gasteiger partial charge >= 0.3 is 0 Å². The van der Waals surface area contributed by atoms with Gasteiger partial charge in [0.05, 0.1) is 0 Å². The van der Waals surface area contributed by atoms with Crippen LogP contribution in [0.1, 0.15) is 17.2 Å². The van der Waals surface area contributed by atoms with Crippen LogP contribution < -0.4 is 10.6 Å². The van der Waals surface area contributed by atoms with Gasteiger partial charge in [-0.05, 0) is 26.6 Å². The van der Waals surface area contributed by atoms with Crippen molar-refractivity contribution in [2.45, 2.75) is 19.0 Å². The molecule has 0 saturated carbocycles. The van der Waals surface area contributed by atoms with E-state index in [2.05, 4.69) is 53.8 Å². The lowest BCUT2D eigenvalue weighted by molar-refractivity contribution is 0.210. The standard InChI is InChI=1S/C14H23N3/c1-11-5-4-6-12(9-11)14(15-2)13-10-17(3)8-7-16-13/h4-6,9,13-16H,7-8,10H2,1-3H3. The second kappa shape index (κ2) is 5.63. The van der Waals surface area contributed by atoms with Gasteiger partial charge in [-0.15, -0.1) is 0 Å². The summed E-state index contributed by atoms with van der Waals surface area (Å²) in [5.74, 6) is 0. The van der Waals surface area contributed by atoms with Gasteiger partial charge in [-0.1, -0.05) is 29.8 Å². The van der Waals surface area contributed by atoms with Gasteiger partial charge in [-0.3, -0.25) is 0 Å². The third-order valence-electron chi connectivity index (χ3n) is 3.52. The number of likely N-dealkylation sites (N-methyl/N-ethyl adjacent to an activating group) is 2. The Balaban J connectivity index is 2.15. The fourth-order valence-corrected chi connectivity index (χ4v) is 2.62. The van der Waals surface area contributed by atoms with E-state index >= 15 is 0 Å². The topological polar surface area (TPSA) is 27.3 Å². The molecule has 1 fully saturated rings. The number of rotatable bonds is 3. The van der Waals surface area contributed by atoms with Crippen molar-refractivity contribution in [3.8, 4) is 0 Å². The van der Waals surface area contributed by atoms with E-state index < -0.39 is 0 Å². The monoisotopic (exact) mass is 233 g/mol. The van der Waals surface area contributed by atoms with Gasteiger partial charge in [-0.25, -0.2) is 0 Å². The van der Waals surface area contributed by atoms with Crippen molar-refractivity contribution < 1.29 is 0 Å². The summed E-state index contributed by atoms with van der Waals surface area (Å²) in [7, 11) is 4.24. The van der Waals surface area contributed by atoms with Gasteiger partial charge in [0.1, 0.15) is 0 Å². The molecule has 0 aliphatic carbocycles. The summed E-state index contributed by atoms with van der Waals surface area (Å²) in [5, 5.41) is 7.06. The second-order valence-electron chi connectivity index (χ2n) is 5.00. The summed E-state index contributed by atoms with van der Waals surface area (Å²) in [4.78, 5) is 2.39. The fourth-order valence-electron chi connectivity index (χ4n) is 2.62. The summed E-state index contributed by atoms with van der Waals surface area (Å²) in [6.07, 6.45) is 0. The Morgan fingerprint density at radius 1 is 1.47 bits per heavy atom. The van der Waals surface area contributed by atoms with Crippen LogP contribution in [-0.2, 0) is 0 Å². The minimum atomic E-state index is 0.387. The maximum Gasteiger partial charge on any atom is 0.0486 e. The van der Waals surface area contributed by atoms with E-state index in [-0.39, 0.29) is 0 Å². The Bertz CT molecular complexity index is 364. The SMILES string of the molecule is CNC(c1cccc(C)c1)C1CN(C)CCN1. The third-order valence-corrected chi connectivity index (χ3v) is 3.52. The normalized spacial score (nSPS) is 23.6. The second-order valence-corrected chi connectivity index (χ2v) is 5.00. The van der Waals surface area contributed by atoms with Crippen LogP contribution in [0.2, 0.25) is 0 Å². The summed E-state index contributed by atoms with van der Waals surface area (Å²) >= 11 is 0. The van der Waals surface area contributed by atoms with Crippen LogP contribution in [0, 0.1) is 6.92 Å². The highest BCUT2D eigenvalue weighted by molar-refractivity contribution is 5.26. The average Bonchev–Trinajstić information content (AvgIpc) is 2.30. The maximum absolute atomic E-state index is 3.61. The van der Waals surface area contributed by atoms with Crippen LogP contribution in [-0.4, -0.2) is 44.7 Å². The number of nitrogens with zero attached hydrogens (tertiary/aromatic N) is 1. The van der Waals surface area contributed by atoms with E-state index in [1.165, 1.54) is 11.1 Å². The van der Waals surface area contributed by atoms with Crippen LogP contribution in [0.3, 0.4) is 0 Å². The predicted molar refractivity (Wildman–Crippen MR) is 72.3 cm³/mol. The molecule has 1 aliphatic heterocycles. The van der Waals surface area contributed by atoms with Gasteiger partial charge in [0.2, 0.25) is 0 Å². The summed E-state index contributed by atoms with van der Waals surface area (Å²) in [6, 6.07) is 9.65. The maximum atomic E-state index is 3.61. The van der Waals surface area contributed by atoms with Crippen molar-refractivity contribution in [3.05, 3.63) is 35.4 Å². The van der Waals surface area contributed by atoms with Crippen molar-refractivity contribution in [3.63, 3.8) is 0 Å². The number of benzene rings is 1. The zero-order chi connectivity index (χ0) is 12.3. The van der Waals surface area contributed by atoms with Crippen LogP contribution in [0.25, 0.3) is 0 Å². The molecular formula is C14H23N3. The molecule has 2 unspecified atom stereocenters. The molecule has 1 aliphatic rings. The van der Waals surface area contributed by atoms with Gasteiger partial charge in [0, 0.05) is 31.7 Å². The van der Waals surface area contributed by atoms with Crippen LogP contribution in [0.5, 0.6) is 0 Å². The Kier molecular flexibility index (Phi) is 4.15. The molecule has 17 heavy (non-hydrogen) atoms. The largest absolute Gasteiger partial charge is 0.312 e. The van der Waals surface area contributed by atoms with Crippen molar-refractivity contribution in [2.75, 3.05) is 33.7 Å². The van der Waals surface area contributed by atoms with E-state index in [4.69, 9.17) is 0 Å². The van der Waals surface area contributed by atoms with Gasteiger partial charge in [0.15, 0.2) is 0 Å². The molecule has 1 aromatic rings. The molecule has 2 N–H and O–H groups in total. The molecule has 0 spiro atoms. The minimum Gasteiger partial charge on any atom is -0.312 e. The van der Waals surface area contributed by atoms with Crippen LogP contribution in [0.15, 0.2) is 24.3 Å². The average molecular weight is 233 g/mol. The van der Waals surface area contributed by atoms with Crippen molar-refractivity contribution >= 4 is 0 Å². The third kappa shape index (κ3) is 3.06. The first-order chi connectivity index (χ1) is 8.20. The van der Waals surface area contributed by atoms with Crippen molar-refractivity contribution in [2.24, 2.45) is 0 Å². The Labute approximate surface area is 104 Å². The zero-order valence-electron chi connectivity index (χ0n) is 11.0. The van der Waals surface area contributed by atoms with Gasteiger partial charge in [0.25, 0.3) is 0 Å².